The zero-order valence-electron chi connectivity index (χ0n) is 19.5. The second-order valence-corrected chi connectivity index (χ2v) is 11.9. The topological polar surface area (TPSA) is 109 Å². The molecular weight excluding hydrogens is 567 g/mol. The molecule has 10 heteroatoms. The van der Waals surface area contributed by atoms with Gasteiger partial charge in [-0.3, -0.25) is 9.11 Å². The monoisotopic (exact) mass is 586 g/mol. The van der Waals surface area contributed by atoms with Crippen LogP contribution in [-0.4, -0.2) is 25.9 Å². The van der Waals surface area contributed by atoms with Crippen LogP contribution in [0.4, 0.5) is 0 Å². The van der Waals surface area contributed by atoms with Crippen molar-refractivity contribution in [2.24, 2.45) is 0 Å². The molecule has 6 nitrogen and oxygen atoms in total. The maximum atomic E-state index is 11.6. The third-order valence-corrected chi connectivity index (χ3v) is 7.86. The average Bonchev–Trinajstić information content (AvgIpc) is 2.87. The van der Waals surface area contributed by atoms with Crippen molar-refractivity contribution in [1.29, 1.82) is 0 Å². The van der Waals surface area contributed by atoms with Crippen LogP contribution in [0.15, 0.2) is 94.7 Å². The van der Waals surface area contributed by atoms with Gasteiger partial charge in [-0.05, 0) is 57.6 Å². The summed E-state index contributed by atoms with van der Waals surface area (Å²) in [6.07, 6.45) is 6.63. The van der Waals surface area contributed by atoms with Gasteiger partial charge in [0, 0.05) is 10.0 Å². The molecule has 0 aromatic heterocycles. The lowest BCUT2D eigenvalue weighted by Gasteiger charge is -2.05. The number of benzene rings is 4. The van der Waals surface area contributed by atoms with Crippen molar-refractivity contribution >= 4 is 67.7 Å². The Morgan fingerprint density at radius 2 is 0.842 bits per heavy atom. The number of halogens is 2. The Kier molecular flexibility index (Phi) is 8.22. The third-order valence-electron chi connectivity index (χ3n) is 5.57. The predicted molar refractivity (Wildman–Crippen MR) is 152 cm³/mol. The first-order chi connectivity index (χ1) is 17.9. The smallest absolute Gasteiger partial charge is 0.282 e. The third kappa shape index (κ3) is 6.99. The fraction of sp³-hybridized carbons (Fsp3) is 0. The summed E-state index contributed by atoms with van der Waals surface area (Å²) < 4.78 is 65.5. The van der Waals surface area contributed by atoms with Crippen LogP contribution in [0.25, 0.3) is 35.4 Å². The summed E-state index contributed by atoms with van der Waals surface area (Å²) in [5.41, 5.74) is 4.17. The molecule has 0 radical (unpaired) electrons. The van der Waals surface area contributed by atoms with E-state index >= 15 is 0 Å². The molecule has 4 rings (SSSR count). The molecule has 0 saturated heterocycles. The maximum absolute atomic E-state index is 11.6. The fourth-order valence-corrected chi connectivity index (χ4v) is 5.58. The Labute approximate surface area is 231 Å². The van der Waals surface area contributed by atoms with Crippen molar-refractivity contribution in [3.63, 3.8) is 0 Å². The number of hydrogen-bond donors (Lipinski definition) is 2. The van der Waals surface area contributed by atoms with Crippen LogP contribution in [0.2, 0.25) is 10.0 Å². The maximum Gasteiger partial charge on any atom is 0.295 e. The molecule has 4 aromatic carbocycles. The van der Waals surface area contributed by atoms with Crippen LogP contribution in [0.3, 0.4) is 0 Å². The van der Waals surface area contributed by atoms with Gasteiger partial charge in [-0.1, -0.05) is 108 Å². The second-order valence-electron chi connectivity index (χ2n) is 8.23. The standard InChI is InChI=1S/C28H20Cl2O6S2/c29-25-15-13-23(27(17-25)37(31,32)33)11-5-19-1-7-21(8-2-19)22-9-3-20(4-10-22)6-12-24-14-16-26(30)18-28(24)38(34,35)36/h1-18H,(H,31,32,33)(H,34,35,36). The highest BCUT2D eigenvalue weighted by atomic mass is 35.5. The molecule has 0 heterocycles. The summed E-state index contributed by atoms with van der Waals surface area (Å²) in [5.74, 6) is 0. The molecule has 0 atom stereocenters. The van der Waals surface area contributed by atoms with E-state index in [2.05, 4.69) is 0 Å². The summed E-state index contributed by atoms with van der Waals surface area (Å²) in [6.45, 7) is 0. The van der Waals surface area contributed by atoms with Crippen LogP contribution < -0.4 is 0 Å². The predicted octanol–water partition coefficient (Wildman–Crippen LogP) is 7.49. The molecule has 0 fully saturated rings. The summed E-state index contributed by atoms with van der Waals surface area (Å²) in [4.78, 5) is -0.533. The van der Waals surface area contributed by atoms with Gasteiger partial charge in [0.15, 0.2) is 0 Å². The van der Waals surface area contributed by atoms with Gasteiger partial charge in [-0.2, -0.15) is 16.8 Å². The van der Waals surface area contributed by atoms with Crippen molar-refractivity contribution in [2.45, 2.75) is 9.79 Å². The van der Waals surface area contributed by atoms with E-state index in [1.165, 1.54) is 24.3 Å². The molecule has 0 saturated carbocycles. The molecule has 38 heavy (non-hydrogen) atoms. The first kappa shape index (κ1) is 27.8. The van der Waals surface area contributed by atoms with Crippen LogP contribution in [-0.2, 0) is 20.2 Å². The van der Waals surface area contributed by atoms with Crippen LogP contribution in [0, 0.1) is 0 Å². The Hall–Kier alpha value is -3.24. The van der Waals surface area contributed by atoms with Crippen molar-refractivity contribution < 1.29 is 25.9 Å². The zero-order valence-corrected chi connectivity index (χ0v) is 22.6. The molecular formula is C28H20Cl2O6S2. The second kappa shape index (κ2) is 11.2. The van der Waals surface area contributed by atoms with E-state index in [4.69, 9.17) is 23.2 Å². The average molecular weight is 588 g/mol. The van der Waals surface area contributed by atoms with Gasteiger partial charge in [0.05, 0.1) is 0 Å². The van der Waals surface area contributed by atoms with Gasteiger partial charge in [0.2, 0.25) is 0 Å². The zero-order chi connectivity index (χ0) is 27.5. The summed E-state index contributed by atoms with van der Waals surface area (Å²) in [7, 11) is -8.84. The molecule has 194 valence electrons. The molecule has 0 bridgehead atoms. The van der Waals surface area contributed by atoms with E-state index < -0.39 is 20.2 Å². The van der Waals surface area contributed by atoms with Gasteiger partial charge < -0.3 is 0 Å². The van der Waals surface area contributed by atoms with E-state index in [-0.39, 0.29) is 19.8 Å². The van der Waals surface area contributed by atoms with E-state index in [0.29, 0.717) is 11.1 Å². The van der Waals surface area contributed by atoms with Gasteiger partial charge in [-0.25, -0.2) is 0 Å². The van der Waals surface area contributed by atoms with Crippen molar-refractivity contribution in [2.75, 3.05) is 0 Å². The number of rotatable bonds is 7. The minimum atomic E-state index is -4.42. The van der Waals surface area contributed by atoms with Gasteiger partial charge in [-0.15, -0.1) is 0 Å². The summed E-state index contributed by atoms with van der Waals surface area (Å²) >= 11 is 11.7. The molecule has 2 N–H and O–H groups in total. The van der Waals surface area contributed by atoms with Crippen molar-refractivity contribution in [3.05, 3.63) is 117 Å². The van der Waals surface area contributed by atoms with Crippen LogP contribution >= 0.6 is 23.2 Å². The lowest BCUT2D eigenvalue weighted by Crippen LogP contribution is -2.00. The molecule has 0 unspecified atom stereocenters. The van der Waals surface area contributed by atoms with E-state index in [9.17, 15) is 25.9 Å². The largest absolute Gasteiger partial charge is 0.295 e. The Morgan fingerprint density at radius 1 is 0.500 bits per heavy atom. The van der Waals surface area contributed by atoms with E-state index in [1.807, 2.05) is 48.5 Å². The highest BCUT2D eigenvalue weighted by Gasteiger charge is 2.15. The molecule has 0 aliphatic heterocycles. The highest BCUT2D eigenvalue weighted by Crippen LogP contribution is 2.26. The first-order valence-corrected chi connectivity index (χ1v) is 14.6. The van der Waals surface area contributed by atoms with Gasteiger partial charge in [0.1, 0.15) is 9.79 Å². The van der Waals surface area contributed by atoms with Gasteiger partial charge >= 0.3 is 0 Å². The van der Waals surface area contributed by atoms with Crippen molar-refractivity contribution in [3.8, 4) is 11.1 Å². The number of hydrogen-bond acceptors (Lipinski definition) is 4. The molecule has 0 aliphatic carbocycles. The minimum absolute atomic E-state index is 0.202. The summed E-state index contributed by atoms with van der Waals surface area (Å²) in [5, 5.41) is 0.405. The first-order valence-electron chi connectivity index (χ1n) is 11.0. The van der Waals surface area contributed by atoms with E-state index in [1.54, 1.807) is 36.4 Å². The van der Waals surface area contributed by atoms with E-state index in [0.717, 1.165) is 22.3 Å². The molecule has 0 amide bonds. The molecule has 0 spiro atoms. The molecule has 4 aromatic rings. The fourth-order valence-electron chi connectivity index (χ4n) is 3.68. The summed E-state index contributed by atoms with van der Waals surface area (Å²) in [6, 6.07) is 23.7. The minimum Gasteiger partial charge on any atom is -0.282 e. The van der Waals surface area contributed by atoms with Crippen LogP contribution in [0.5, 0.6) is 0 Å². The van der Waals surface area contributed by atoms with Crippen LogP contribution in [0.1, 0.15) is 22.3 Å². The SMILES string of the molecule is O=S(=O)(O)c1cc(Cl)ccc1C=Cc1ccc(-c2ccc(C=Cc3ccc(Cl)cc3S(=O)(=O)O)cc2)cc1. The van der Waals surface area contributed by atoms with Gasteiger partial charge in [0.25, 0.3) is 20.2 Å². The Morgan fingerprint density at radius 3 is 1.16 bits per heavy atom. The lowest BCUT2D eigenvalue weighted by atomic mass is 10.0. The molecule has 0 aliphatic rings. The Bertz CT molecular complexity index is 1630. The quantitative estimate of drug-likeness (QED) is 0.171. The van der Waals surface area contributed by atoms with Crippen molar-refractivity contribution in [1.82, 2.24) is 0 Å². The Balaban J connectivity index is 1.50. The normalized spacial score (nSPS) is 12.4. The highest BCUT2D eigenvalue weighted by molar-refractivity contribution is 7.86. The lowest BCUT2D eigenvalue weighted by molar-refractivity contribution is 0.480.